The van der Waals surface area contributed by atoms with Crippen molar-refractivity contribution in [2.75, 3.05) is 0 Å². The SMILES string of the molecule is C=C(CC)Cn1cncc(Br)c1=O. The Kier molecular flexibility index (Phi) is 3.42. The van der Waals surface area contributed by atoms with Gasteiger partial charge in [-0.25, -0.2) is 4.98 Å². The zero-order valence-corrected chi connectivity index (χ0v) is 9.04. The van der Waals surface area contributed by atoms with Crippen molar-refractivity contribution in [3.05, 3.63) is 39.5 Å². The van der Waals surface area contributed by atoms with Crippen LogP contribution in [0.4, 0.5) is 0 Å². The van der Waals surface area contributed by atoms with Gasteiger partial charge in [0.15, 0.2) is 0 Å². The molecule has 1 heterocycles. The highest BCUT2D eigenvalue weighted by molar-refractivity contribution is 9.10. The summed E-state index contributed by atoms with van der Waals surface area (Å²) in [5, 5.41) is 0. The molecular formula is C9H11BrN2O. The van der Waals surface area contributed by atoms with Crippen LogP contribution in [0.3, 0.4) is 0 Å². The van der Waals surface area contributed by atoms with E-state index in [0.717, 1.165) is 12.0 Å². The van der Waals surface area contributed by atoms with Gasteiger partial charge in [-0.2, -0.15) is 0 Å². The minimum absolute atomic E-state index is 0.0652. The maximum atomic E-state index is 11.5. The molecule has 4 heteroatoms. The van der Waals surface area contributed by atoms with Crippen LogP contribution in [0, 0.1) is 0 Å². The van der Waals surface area contributed by atoms with Crippen molar-refractivity contribution in [2.45, 2.75) is 19.9 Å². The van der Waals surface area contributed by atoms with Crippen LogP contribution in [0.25, 0.3) is 0 Å². The fourth-order valence-electron chi connectivity index (χ4n) is 0.889. The van der Waals surface area contributed by atoms with Crippen molar-refractivity contribution >= 4 is 15.9 Å². The topological polar surface area (TPSA) is 34.9 Å². The van der Waals surface area contributed by atoms with Gasteiger partial charge in [0.2, 0.25) is 0 Å². The Labute approximate surface area is 85.2 Å². The molecule has 0 aliphatic rings. The highest BCUT2D eigenvalue weighted by Gasteiger charge is 2.00. The smallest absolute Gasteiger partial charge is 0.267 e. The minimum Gasteiger partial charge on any atom is -0.294 e. The molecule has 0 N–H and O–H groups in total. The van der Waals surface area contributed by atoms with E-state index >= 15 is 0 Å². The lowest BCUT2D eigenvalue weighted by molar-refractivity contribution is 0.704. The Morgan fingerprint density at radius 1 is 1.77 bits per heavy atom. The van der Waals surface area contributed by atoms with Gasteiger partial charge < -0.3 is 0 Å². The Hall–Kier alpha value is -0.900. The van der Waals surface area contributed by atoms with Crippen LogP contribution in [-0.4, -0.2) is 9.55 Å². The van der Waals surface area contributed by atoms with Crippen molar-refractivity contribution in [2.24, 2.45) is 0 Å². The second-order valence-electron chi connectivity index (χ2n) is 2.78. The van der Waals surface area contributed by atoms with Gasteiger partial charge in [-0.05, 0) is 22.4 Å². The summed E-state index contributed by atoms with van der Waals surface area (Å²) in [4.78, 5) is 15.4. The quantitative estimate of drug-likeness (QED) is 0.760. The highest BCUT2D eigenvalue weighted by Crippen LogP contribution is 2.02. The number of hydrogen-bond acceptors (Lipinski definition) is 2. The molecule has 0 saturated carbocycles. The first-order chi connectivity index (χ1) is 6.15. The van der Waals surface area contributed by atoms with Crippen LogP contribution in [-0.2, 0) is 6.54 Å². The Morgan fingerprint density at radius 2 is 2.46 bits per heavy atom. The maximum Gasteiger partial charge on any atom is 0.267 e. The first-order valence-corrected chi connectivity index (χ1v) is 4.81. The predicted molar refractivity (Wildman–Crippen MR) is 55.6 cm³/mol. The summed E-state index contributed by atoms with van der Waals surface area (Å²) in [6, 6.07) is 0. The fourth-order valence-corrected chi connectivity index (χ4v) is 1.24. The summed E-state index contributed by atoms with van der Waals surface area (Å²) in [6.07, 6.45) is 3.89. The molecule has 0 fully saturated rings. The molecular weight excluding hydrogens is 232 g/mol. The second kappa shape index (κ2) is 4.37. The van der Waals surface area contributed by atoms with Gasteiger partial charge in [0.1, 0.15) is 4.47 Å². The molecule has 1 aromatic heterocycles. The van der Waals surface area contributed by atoms with E-state index in [4.69, 9.17) is 0 Å². The van der Waals surface area contributed by atoms with Crippen molar-refractivity contribution in [1.29, 1.82) is 0 Å². The lowest BCUT2D eigenvalue weighted by Crippen LogP contribution is -2.21. The summed E-state index contributed by atoms with van der Waals surface area (Å²) in [5.41, 5.74) is 0.951. The molecule has 1 rings (SSSR count). The second-order valence-corrected chi connectivity index (χ2v) is 3.63. The van der Waals surface area contributed by atoms with E-state index in [1.807, 2.05) is 6.92 Å². The summed E-state index contributed by atoms with van der Waals surface area (Å²) >= 11 is 3.13. The van der Waals surface area contributed by atoms with Crippen molar-refractivity contribution in [3.63, 3.8) is 0 Å². The monoisotopic (exact) mass is 242 g/mol. The molecule has 0 aromatic carbocycles. The van der Waals surface area contributed by atoms with Gasteiger partial charge in [-0.1, -0.05) is 19.1 Å². The molecule has 0 radical (unpaired) electrons. The third kappa shape index (κ3) is 2.52. The van der Waals surface area contributed by atoms with E-state index in [-0.39, 0.29) is 5.56 Å². The number of aromatic nitrogens is 2. The molecule has 1 aromatic rings. The Bertz CT molecular complexity index is 370. The van der Waals surface area contributed by atoms with E-state index in [2.05, 4.69) is 27.5 Å². The lowest BCUT2D eigenvalue weighted by Gasteiger charge is -2.05. The standard InChI is InChI=1S/C9H11BrN2O/c1-3-7(2)5-12-6-11-4-8(10)9(12)13/h4,6H,2-3,5H2,1H3. The van der Waals surface area contributed by atoms with Crippen LogP contribution in [0.2, 0.25) is 0 Å². The van der Waals surface area contributed by atoms with Gasteiger partial charge >= 0.3 is 0 Å². The zero-order chi connectivity index (χ0) is 9.84. The van der Waals surface area contributed by atoms with Gasteiger partial charge in [-0.3, -0.25) is 9.36 Å². The van der Waals surface area contributed by atoms with E-state index in [0.29, 0.717) is 11.0 Å². The molecule has 0 atom stereocenters. The van der Waals surface area contributed by atoms with Gasteiger partial charge in [0.05, 0.1) is 6.33 Å². The predicted octanol–water partition coefficient (Wildman–Crippen LogP) is 1.97. The van der Waals surface area contributed by atoms with E-state index in [1.165, 1.54) is 17.1 Å². The van der Waals surface area contributed by atoms with Crippen LogP contribution in [0.1, 0.15) is 13.3 Å². The number of allylic oxidation sites excluding steroid dienone is 1. The summed E-state index contributed by atoms with van der Waals surface area (Å²) in [7, 11) is 0. The molecule has 0 aliphatic carbocycles. The maximum absolute atomic E-state index is 11.5. The highest BCUT2D eigenvalue weighted by atomic mass is 79.9. The molecule has 3 nitrogen and oxygen atoms in total. The molecule has 0 aliphatic heterocycles. The van der Waals surface area contributed by atoms with Gasteiger partial charge in [0.25, 0.3) is 5.56 Å². The average Bonchev–Trinajstić information content (AvgIpc) is 2.13. The fraction of sp³-hybridized carbons (Fsp3) is 0.333. The molecule has 13 heavy (non-hydrogen) atoms. The summed E-state index contributed by atoms with van der Waals surface area (Å²) in [6.45, 7) is 6.39. The molecule has 0 amide bonds. The van der Waals surface area contributed by atoms with Crippen LogP contribution < -0.4 is 5.56 Å². The Balaban J connectivity index is 2.96. The van der Waals surface area contributed by atoms with Crippen LogP contribution >= 0.6 is 15.9 Å². The lowest BCUT2D eigenvalue weighted by atomic mass is 10.2. The van der Waals surface area contributed by atoms with E-state index < -0.39 is 0 Å². The van der Waals surface area contributed by atoms with Crippen molar-refractivity contribution in [3.8, 4) is 0 Å². The van der Waals surface area contributed by atoms with Crippen LogP contribution in [0.15, 0.2) is 33.9 Å². The Morgan fingerprint density at radius 3 is 3.08 bits per heavy atom. The number of nitrogens with zero attached hydrogens (tertiary/aromatic N) is 2. The minimum atomic E-state index is -0.0652. The molecule has 0 saturated heterocycles. The van der Waals surface area contributed by atoms with Crippen LogP contribution in [0.5, 0.6) is 0 Å². The van der Waals surface area contributed by atoms with Crippen molar-refractivity contribution < 1.29 is 0 Å². The third-order valence-electron chi connectivity index (χ3n) is 1.75. The summed E-state index contributed by atoms with van der Waals surface area (Å²) in [5.74, 6) is 0. The molecule has 70 valence electrons. The first-order valence-electron chi connectivity index (χ1n) is 4.01. The molecule has 0 spiro atoms. The largest absolute Gasteiger partial charge is 0.294 e. The van der Waals surface area contributed by atoms with E-state index in [1.54, 1.807) is 0 Å². The zero-order valence-electron chi connectivity index (χ0n) is 7.46. The number of rotatable bonds is 3. The van der Waals surface area contributed by atoms with Gasteiger partial charge in [-0.15, -0.1) is 0 Å². The third-order valence-corrected chi connectivity index (χ3v) is 2.30. The number of hydrogen-bond donors (Lipinski definition) is 0. The molecule has 0 unspecified atom stereocenters. The molecule has 0 bridgehead atoms. The first kappa shape index (κ1) is 10.2. The summed E-state index contributed by atoms with van der Waals surface area (Å²) < 4.78 is 2.02. The number of halogens is 1. The van der Waals surface area contributed by atoms with E-state index in [9.17, 15) is 4.79 Å². The normalized spacial score (nSPS) is 10.0. The average molecular weight is 243 g/mol. The van der Waals surface area contributed by atoms with Crippen molar-refractivity contribution in [1.82, 2.24) is 9.55 Å². The van der Waals surface area contributed by atoms with Gasteiger partial charge in [0, 0.05) is 12.7 Å².